The van der Waals surface area contributed by atoms with Crippen LogP contribution in [0.5, 0.6) is 5.75 Å². The fourth-order valence-corrected chi connectivity index (χ4v) is 5.48. The number of sulfone groups is 1. The van der Waals surface area contributed by atoms with Crippen LogP contribution in [-0.2, 0) is 22.2 Å². The molecular weight excluding hydrogens is 515 g/mol. The second-order valence-corrected chi connectivity index (χ2v) is 10.8. The van der Waals surface area contributed by atoms with Crippen LogP contribution < -0.4 is 4.74 Å². The van der Waals surface area contributed by atoms with E-state index in [-0.39, 0.29) is 10.5 Å². The van der Waals surface area contributed by atoms with E-state index in [2.05, 4.69) is 0 Å². The van der Waals surface area contributed by atoms with Crippen LogP contribution in [0.15, 0.2) is 108 Å². The SMILES string of the molecule is O=C(/C(=C\c1ccccc1OCc1ccccc1)S(=O)(=O)Cc1ccccc1Cl)c1ccc(Cl)cc1. The summed E-state index contributed by atoms with van der Waals surface area (Å²) in [6.45, 7) is 0.290. The van der Waals surface area contributed by atoms with Gasteiger partial charge in [0.05, 0.1) is 5.75 Å². The lowest BCUT2D eigenvalue weighted by Gasteiger charge is -2.13. The van der Waals surface area contributed by atoms with Gasteiger partial charge in [-0.1, -0.05) is 89.9 Å². The molecule has 0 bridgehead atoms. The molecule has 4 rings (SSSR count). The molecular formula is C29H22Cl2O4S. The fourth-order valence-electron chi connectivity index (χ4n) is 3.55. The van der Waals surface area contributed by atoms with Crippen molar-refractivity contribution < 1.29 is 17.9 Å². The minimum Gasteiger partial charge on any atom is -0.488 e. The smallest absolute Gasteiger partial charge is 0.204 e. The summed E-state index contributed by atoms with van der Waals surface area (Å²) in [5.41, 5.74) is 2.03. The molecule has 0 atom stereocenters. The topological polar surface area (TPSA) is 60.4 Å². The molecule has 0 heterocycles. The molecule has 7 heteroatoms. The Morgan fingerprint density at radius 1 is 0.778 bits per heavy atom. The molecule has 0 radical (unpaired) electrons. The molecule has 0 unspecified atom stereocenters. The molecule has 0 spiro atoms. The van der Waals surface area contributed by atoms with E-state index in [1.165, 1.54) is 18.2 Å². The van der Waals surface area contributed by atoms with E-state index >= 15 is 0 Å². The Hall–Kier alpha value is -3.38. The lowest BCUT2D eigenvalue weighted by molar-refractivity contribution is 0.104. The van der Waals surface area contributed by atoms with Gasteiger partial charge in [-0.3, -0.25) is 4.79 Å². The van der Waals surface area contributed by atoms with Crippen LogP contribution in [0.25, 0.3) is 6.08 Å². The van der Waals surface area contributed by atoms with Crippen molar-refractivity contribution in [2.24, 2.45) is 0 Å². The number of ketones is 1. The number of para-hydroxylation sites is 1. The van der Waals surface area contributed by atoms with E-state index in [1.807, 2.05) is 30.3 Å². The molecule has 0 aliphatic rings. The maximum Gasteiger partial charge on any atom is 0.204 e. The first-order chi connectivity index (χ1) is 17.3. The minimum absolute atomic E-state index is 0.205. The van der Waals surface area contributed by atoms with Gasteiger partial charge in [0.1, 0.15) is 17.3 Å². The highest BCUT2D eigenvalue weighted by Crippen LogP contribution is 2.29. The first-order valence-electron chi connectivity index (χ1n) is 11.1. The Kier molecular flexibility index (Phi) is 8.26. The van der Waals surface area contributed by atoms with Gasteiger partial charge in [0.15, 0.2) is 9.84 Å². The summed E-state index contributed by atoms with van der Waals surface area (Å²) in [7, 11) is -4.10. The number of halogens is 2. The van der Waals surface area contributed by atoms with Gasteiger partial charge in [0.25, 0.3) is 0 Å². The summed E-state index contributed by atoms with van der Waals surface area (Å²) >= 11 is 12.2. The van der Waals surface area contributed by atoms with Gasteiger partial charge in [-0.15, -0.1) is 0 Å². The van der Waals surface area contributed by atoms with Crippen molar-refractivity contribution in [3.63, 3.8) is 0 Å². The number of ether oxygens (including phenoxy) is 1. The van der Waals surface area contributed by atoms with E-state index in [0.29, 0.717) is 33.5 Å². The first-order valence-corrected chi connectivity index (χ1v) is 13.5. The minimum atomic E-state index is -4.10. The zero-order valence-corrected chi connectivity index (χ0v) is 21.4. The van der Waals surface area contributed by atoms with Crippen molar-refractivity contribution in [2.75, 3.05) is 0 Å². The number of carbonyl (C=O) groups excluding carboxylic acids is 1. The first kappa shape index (κ1) is 25.7. The molecule has 0 saturated carbocycles. The summed E-state index contributed by atoms with van der Waals surface area (Å²) in [4.78, 5) is 13.1. The number of hydrogen-bond acceptors (Lipinski definition) is 4. The van der Waals surface area contributed by atoms with E-state index in [0.717, 1.165) is 5.56 Å². The average Bonchev–Trinajstić information content (AvgIpc) is 2.88. The van der Waals surface area contributed by atoms with Crippen LogP contribution in [0, 0.1) is 0 Å². The third kappa shape index (κ3) is 6.43. The van der Waals surface area contributed by atoms with Crippen LogP contribution in [0.1, 0.15) is 27.0 Å². The lowest BCUT2D eigenvalue weighted by Crippen LogP contribution is -2.16. The molecule has 0 aliphatic heterocycles. The molecule has 0 amide bonds. The molecule has 182 valence electrons. The van der Waals surface area contributed by atoms with Gasteiger partial charge in [0, 0.05) is 21.2 Å². The zero-order chi connectivity index (χ0) is 25.5. The number of carbonyl (C=O) groups is 1. The van der Waals surface area contributed by atoms with Gasteiger partial charge < -0.3 is 4.74 Å². The van der Waals surface area contributed by atoms with Crippen molar-refractivity contribution >= 4 is 44.9 Å². The number of Topliss-reactive ketones (excluding diaryl/α,β-unsaturated/α-hetero) is 1. The lowest BCUT2D eigenvalue weighted by atomic mass is 10.1. The zero-order valence-electron chi connectivity index (χ0n) is 19.1. The molecule has 0 aromatic heterocycles. The highest BCUT2D eigenvalue weighted by atomic mass is 35.5. The van der Waals surface area contributed by atoms with Gasteiger partial charge in [-0.25, -0.2) is 8.42 Å². The van der Waals surface area contributed by atoms with Crippen molar-refractivity contribution in [3.05, 3.63) is 140 Å². The molecule has 0 aliphatic carbocycles. The molecule has 0 N–H and O–H groups in total. The largest absolute Gasteiger partial charge is 0.488 e. The summed E-state index contributed by atoms with van der Waals surface area (Å²) in [6, 6.07) is 29.3. The number of allylic oxidation sites excluding steroid dienone is 1. The maximum atomic E-state index is 13.6. The number of hydrogen-bond donors (Lipinski definition) is 0. The van der Waals surface area contributed by atoms with Crippen LogP contribution in [0.4, 0.5) is 0 Å². The van der Waals surface area contributed by atoms with E-state index in [1.54, 1.807) is 60.7 Å². The van der Waals surface area contributed by atoms with Crippen molar-refractivity contribution in [1.82, 2.24) is 0 Å². The molecule has 4 aromatic carbocycles. The van der Waals surface area contributed by atoms with E-state index in [4.69, 9.17) is 27.9 Å². The van der Waals surface area contributed by atoms with Crippen molar-refractivity contribution in [1.29, 1.82) is 0 Å². The highest BCUT2D eigenvalue weighted by molar-refractivity contribution is 7.95. The molecule has 4 aromatic rings. The normalized spacial score (nSPS) is 11.8. The summed E-state index contributed by atoms with van der Waals surface area (Å²) in [6.07, 6.45) is 1.36. The van der Waals surface area contributed by atoms with E-state index in [9.17, 15) is 13.2 Å². The Morgan fingerprint density at radius 2 is 1.42 bits per heavy atom. The molecule has 0 fully saturated rings. The van der Waals surface area contributed by atoms with E-state index < -0.39 is 21.4 Å². The molecule has 36 heavy (non-hydrogen) atoms. The summed E-state index contributed by atoms with van der Waals surface area (Å²) in [5.74, 6) is -0.613. The Bertz CT molecular complexity index is 1500. The van der Waals surface area contributed by atoms with Gasteiger partial charge in [-0.2, -0.15) is 0 Å². The third-order valence-electron chi connectivity index (χ3n) is 5.41. The van der Waals surface area contributed by atoms with Gasteiger partial charge in [0.2, 0.25) is 5.78 Å². The average molecular weight is 537 g/mol. The molecule has 4 nitrogen and oxygen atoms in total. The quantitative estimate of drug-likeness (QED) is 0.165. The standard InChI is InChI=1S/C29H22Cl2O4S/c30-25-16-14-22(15-17-25)29(32)28(36(33,34)20-24-11-4-6-12-26(24)31)18-23-10-5-7-13-27(23)35-19-21-8-2-1-3-9-21/h1-18H,19-20H2/b28-18+. The third-order valence-corrected chi connectivity index (χ3v) is 7.70. The Balaban J connectivity index is 1.76. The fraction of sp³-hybridized carbons (Fsp3) is 0.0690. The summed E-state index contributed by atoms with van der Waals surface area (Å²) in [5, 5.41) is 0.752. The van der Waals surface area contributed by atoms with Crippen molar-refractivity contribution in [2.45, 2.75) is 12.4 Å². The second kappa shape index (κ2) is 11.6. The van der Waals surface area contributed by atoms with Crippen molar-refractivity contribution in [3.8, 4) is 5.75 Å². The van der Waals surface area contributed by atoms with Crippen LogP contribution >= 0.6 is 23.2 Å². The predicted octanol–water partition coefficient (Wildman–Crippen LogP) is 7.41. The predicted molar refractivity (Wildman–Crippen MR) is 145 cm³/mol. The monoisotopic (exact) mass is 536 g/mol. The van der Waals surface area contributed by atoms with Gasteiger partial charge in [-0.05, 0) is 53.6 Å². The highest BCUT2D eigenvalue weighted by Gasteiger charge is 2.27. The maximum absolute atomic E-state index is 13.6. The molecule has 0 saturated heterocycles. The van der Waals surface area contributed by atoms with Gasteiger partial charge >= 0.3 is 0 Å². The number of rotatable bonds is 9. The van der Waals surface area contributed by atoms with Crippen LogP contribution in [0.3, 0.4) is 0 Å². The van der Waals surface area contributed by atoms with Crippen LogP contribution in [0.2, 0.25) is 10.0 Å². The van der Waals surface area contributed by atoms with Crippen LogP contribution in [-0.4, -0.2) is 14.2 Å². The second-order valence-electron chi connectivity index (χ2n) is 8.01. The summed E-state index contributed by atoms with van der Waals surface area (Å²) < 4.78 is 33.2. The number of benzene rings is 4. The Morgan fingerprint density at radius 3 is 2.14 bits per heavy atom. The Labute approximate surface area is 220 Å².